The fourth-order valence-corrected chi connectivity index (χ4v) is 2.06. The Bertz CT molecular complexity index is 758. The average molecular weight is 369 g/mol. The molecular formula is C20H23N3O4. The monoisotopic (exact) mass is 369 g/mol. The number of unbranched alkanes of at least 4 members (excludes halogenated alkanes) is 1. The summed E-state index contributed by atoms with van der Waals surface area (Å²) in [5.41, 5.74) is 7.63. The summed E-state index contributed by atoms with van der Waals surface area (Å²) in [6.45, 7) is 3.76. The Hall–Kier alpha value is -3.03. The first-order valence-corrected chi connectivity index (χ1v) is 8.57. The Morgan fingerprint density at radius 2 is 1.67 bits per heavy atom. The number of aliphatic hydroxyl groups excluding tert-OH is 1. The number of azo groups is 1. The van der Waals surface area contributed by atoms with E-state index in [1.165, 1.54) is 6.08 Å². The van der Waals surface area contributed by atoms with E-state index in [0.29, 0.717) is 42.3 Å². The minimum atomic E-state index is -0.965. The van der Waals surface area contributed by atoms with Crippen molar-refractivity contribution in [1.29, 1.82) is 0 Å². The summed E-state index contributed by atoms with van der Waals surface area (Å²) in [6.07, 6.45) is 1.85. The molecule has 7 nitrogen and oxygen atoms in total. The van der Waals surface area contributed by atoms with E-state index in [1.54, 1.807) is 48.5 Å². The first kappa shape index (κ1) is 20.3. The second kappa shape index (κ2) is 10.8. The van der Waals surface area contributed by atoms with E-state index in [9.17, 15) is 4.79 Å². The molecule has 0 aliphatic rings. The van der Waals surface area contributed by atoms with Crippen molar-refractivity contribution < 1.29 is 19.4 Å². The number of rotatable bonds is 10. The van der Waals surface area contributed by atoms with Crippen molar-refractivity contribution in [3.63, 3.8) is 0 Å². The quantitative estimate of drug-likeness (QED) is 0.124. The van der Waals surface area contributed by atoms with Gasteiger partial charge in [-0.1, -0.05) is 6.58 Å². The molecule has 0 fully saturated rings. The lowest BCUT2D eigenvalue weighted by molar-refractivity contribution is -0.134. The van der Waals surface area contributed by atoms with Crippen LogP contribution in [0.2, 0.25) is 0 Å². The van der Waals surface area contributed by atoms with Crippen LogP contribution >= 0.6 is 0 Å². The molecule has 0 saturated carbocycles. The first-order chi connectivity index (χ1) is 13.1. The van der Waals surface area contributed by atoms with Crippen LogP contribution in [0.5, 0.6) is 5.75 Å². The minimum absolute atomic E-state index is 0.270. The fourth-order valence-electron chi connectivity index (χ4n) is 2.06. The fraction of sp³-hybridized carbons (Fsp3) is 0.250. The molecule has 0 aliphatic heterocycles. The maximum absolute atomic E-state index is 11.8. The number of anilines is 1. The molecule has 7 heteroatoms. The summed E-state index contributed by atoms with van der Waals surface area (Å²) >= 11 is 0. The molecule has 142 valence electrons. The van der Waals surface area contributed by atoms with Crippen LogP contribution < -0.4 is 10.5 Å². The highest BCUT2D eigenvalue weighted by atomic mass is 16.6. The summed E-state index contributed by atoms with van der Waals surface area (Å²) in [4.78, 5) is 11.8. The lowest BCUT2D eigenvalue weighted by Crippen LogP contribution is -2.10. The van der Waals surface area contributed by atoms with Gasteiger partial charge in [0.1, 0.15) is 5.75 Å². The summed E-state index contributed by atoms with van der Waals surface area (Å²) in [6, 6.07) is 13.8. The molecule has 2 rings (SSSR count). The average Bonchev–Trinajstić information content (AvgIpc) is 2.68. The van der Waals surface area contributed by atoms with E-state index in [4.69, 9.17) is 20.3 Å². The van der Waals surface area contributed by atoms with Crippen LogP contribution in [0.15, 0.2) is 71.4 Å². The van der Waals surface area contributed by atoms with Crippen molar-refractivity contribution in [2.24, 2.45) is 10.2 Å². The third-order valence-electron chi connectivity index (χ3n) is 3.51. The van der Waals surface area contributed by atoms with Gasteiger partial charge >= 0.3 is 5.97 Å². The van der Waals surface area contributed by atoms with Crippen molar-refractivity contribution in [2.45, 2.75) is 25.6 Å². The molecule has 1 atom stereocenters. The minimum Gasteiger partial charge on any atom is -0.427 e. The molecule has 0 aliphatic carbocycles. The number of ether oxygens (including phenoxy) is 2. The standard InChI is InChI=1S/C20H23N3O4/c1-2-19(24)26-14-4-3-5-20(25)27-18-12-10-17(11-13-18)23-22-16-8-6-15(21)7-9-16/h2,6-13,19,24H,1,3-5,14,21H2. The van der Waals surface area contributed by atoms with Gasteiger partial charge in [0.05, 0.1) is 18.0 Å². The van der Waals surface area contributed by atoms with E-state index in [1.807, 2.05) is 0 Å². The van der Waals surface area contributed by atoms with Gasteiger partial charge in [0, 0.05) is 12.1 Å². The third-order valence-corrected chi connectivity index (χ3v) is 3.51. The Morgan fingerprint density at radius 3 is 2.26 bits per heavy atom. The molecule has 0 heterocycles. The normalized spacial score (nSPS) is 12.0. The number of benzene rings is 2. The van der Waals surface area contributed by atoms with Crippen LogP contribution in [0.1, 0.15) is 19.3 Å². The van der Waals surface area contributed by atoms with Gasteiger partial charge in [-0.05, 0) is 67.4 Å². The number of nitrogens with zero attached hydrogens (tertiary/aromatic N) is 2. The summed E-state index contributed by atoms with van der Waals surface area (Å²) < 4.78 is 10.3. The van der Waals surface area contributed by atoms with Gasteiger partial charge in [0.2, 0.25) is 0 Å². The number of aliphatic hydroxyl groups is 1. The Kier molecular flexibility index (Phi) is 8.15. The smallest absolute Gasteiger partial charge is 0.311 e. The summed E-state index contributed by atoms with van der Waals surface area (Å²) in [7, 11) is 0. The van der Waals surface area contributed by atoms with Gasteiger partial charge in [-0.25, -0.2) is 0 Å². The van der Waals surface area contributed by atoms with E-state index >= 15 is 0 Å². The maximum Gasteiger partial charge on any atom is 0.311 e. The highest BCUT2D eigenvalue weighted by Gasteiger charge is 2.05. The number of carbonyl (C=O) groups is 1. The van der Waals surface area contributed by atoms with Crippen LogP contribution in [-0.2, 0) is 9.53 Å². The van der Waals surface area contributed by atoms with Crippen molar-refractivity contribution in [3.05, 3.63) is 61.2 Å². The number of nitrogen functional groups attached to an aromatic ring is 1. The molecule has 2 aromatic rings. The number of esters is 1. The van der Waals surface area contributed by atoms with Gasteiger partial charge in [0.15, 0.2) is 6.29 Å². The second-order valence-corrected chi connectivity index (χ2v) is 5.71. The van der Waals surface area contributed by atoms with Crippen LogP contribution in [0.4, 0.5) is 17.1 Å². The molecule has 1 unspecified atom stereocenters. The van der Waals surface area contributed by atoms with Gasteiger partial charge < -0.3 is 20.3 Å². The van der Waals surface area contributed by atoms with E-state index in [-0.39, 0.29) is 12.4 Å². The predicted molar refractivity (Wildman–Crippen MR) is 103 cm³/mol. The van der Waals surface area contributed by atoms with E-state index < -0.39 is 6.29 Å². The molecule has 0 amide bonds. The molecule has 3 N–H and O–H groups in total. The van der Waals surface area contributed by atoms with Crippen molar-refractivity contribution >= 4 is 23.0 Å². The molecule has 27 heavy (non-hydrogen) atoms. The molecule has 0 spiro atoms. The van der Waals surface area contributed by atoms with Crippen molar-refractivity contribution in [3.8, 4) is 5.75 Å². The summed E-state index contributed by atoms with van der Waals surface area (Å²) in [5, 5.41) is 17.4. The highest BCUT2D eigenvalue weighted by Crippen LogP contribution is 2.22. The van der Waals surface area contributed by atoms with Gasteiger partial charge in [-0.15, -0.1) is 0 Å². The topological polar surface area (TPSA) is 106 Å². The van der Waals surface area contributed by atoms with Crippen molar-refractivity contribution in [1.82, 2.24) is 0 Å². The SMILES string of the molecule is C=CC(O)OCCCCC(=O)Oc1ccc(N=Nc2ccc(N)cc2)cc1. The number of carbonyl (C=O) groups excluding carboxylic acids is 1. The van der Waals surface area contributed by atoms with E-state index in [0.717, 1.165) is 0 Å². The largest absolute Gasteiger partial charge is 0.427 e. The second-order valence-electron chi connectivity index (χ2n) is 5.71. The zero-order valence-electron chi connectivity index (χ0n) is 15.0. The van der Waals surface area contributed by atoms with Crippen LogP contribution in [0, 0.1) is 0 Å². The molecule has 2 aromatic carbocycles. The van der Waals surface area contributed by atoms with Gasteiger partial charge in [-0.3, -0.25) is 4.79 Å². The van der Waals surface area contributed by atoms with Gasteiger partial charge in [0.25, 0.3) is 0 Å². The molecule has 0 radical (unpaired) electrons. The molecule has 0 saturated heterocycles. The third kappa shape index (κ3) is 7.81. The number of nitrogens with two attached hydrogens (primary N) is 1. The lowest BCUT2D eigenvalue weighted by Gasteiger charge is -2.07. The zero-order chi connectivity index (χ0) is 19.5. The molecule has 0 aromatic heterocycles. The predicted octanol–water partition coefficient (Wildman–Crippen LogP) is 4.28. The maximum atomic E-state index is 11.8. The zero-order valence-corrected chi connectivity index (χ0v) is 15.0. The Morgan fingerprint density at radius 1 is 1.07 bits per heavy atom. The first-order valence-electron chi connectivity index (χ1n) is 8.57. The Labute approximate surface area is 158 Å². The number of hydrogen-bond acceptors (Lipinski definition) is 7. The van der Waals surface area contributed by atoms with Crippen LogP contribution in [0.3, 0.4) is 0 Å². The Balaban J connectivity index is 1.73. The van der Waals surface area contributed by atoms with E-state index in [2.05, 4.69) is 16.8 Å². The van der Waals surface area contributed by atoms with Gasteiger partial charge in [-0.2, -0.15) is 10.2 Å². The number of hydrogen-bond donors (Lipinski definition) is 2. The molecular weight excluding hydrogens is 346 g/mol. The van der Waals surface area contributed by atoms with Crippen LogP contribution in [-0.4, -0.2) is 24.0 Å². The van der Waals surface area contributed by atoms with Crippen LogP contribution in [0.25, 0.3) is 0 Å². The molecule has 0 bridgehead atoms. The highest BCUT2D eigenvalue weighted by molar-refractivity contribution is 5.72. The lowest BCUT2D eigenvalue weighted by atomic mass is 10.2. The summed E-state index contributed by atoms with van der Waals surface area (Å²) in [5.74, 6) is 0.125. The van der Waals surface area contributed by atoms with Crippen molar-refractivity contribution in [2.75, 3.05) is 12.3 Å².